The van der Waals surface area contributed by atoms with E-state index in [0.717, 1.165) is 16.9 Å². The van der Waals surface area contributed by atoms with Gasteiger partial charge in [-0.1, -0.05) is 0 Å². The van der Waals surface area contributed by atoms with Gasteiger partial charge in [-0.2, -0.15) is 16.4 Å². The van der Waals surface area contributed by atoms with Gasteiger partial charge in [0.15, 0.2) is 5.69 Å². The number of carbonyl (C=O) groups excluding carboxylic acids is 2. The molecule has 0 saturated heterocycles. The highest BCUT2D eigenvalue weighted by molar-refractivity contribution is 7.08. The number of amides is 2. The first-order valence-corrected chi connectivity index (χ1v) is 12.6. The number of ether oxygens (including phenoxy) is 2. The minimum atomic E-state index is -0.571. The van der Waals surface area contributed by atoms with Crippen molar-refractivity contribution in [2.45, 2.75) is 32.9 Å². The molecule has 4 aromatic rings. The third kappa shape index (κ3) is 4.23. The second kappa shape index (κ2) is 9.04. The summed E-state index contributed by atoms with van der Waals surface area (Å²) in [5, 5.41) is 8.74. The van der Waals surface area contributed by atoms with Crippen LogP contribution in [0.5, 0.6) is 11.5 Å². The van der Waals surface area contributed by atoms with Crippen molar-refractivity contribution in [3.63, 3.8) is 0 Å². The number of hydrogen-bond acceptors (Lipinski definition) is 7. The number of benzene rings is 1. The summed E-state index contributed by atoms with van der Waals surface area (Å²) in [6.45, 7) is 6.12. The number of carbonyl (C=O) groups is 2. The van der Waals surface area contributed by atoms with Crippen LogP contribution in [0, 0.1) is 0 Å². The fourth-order valence-electron chi connectivity index (χ4n) is 4.20. The van der Waals surface area contributed by atoms with Crippen LogP contribution in [0.15, 0.2) is 47.4 Å². The summed E-state index contributed by atoms with van der Waals surface area (Å²) in [4.78, 5) is 31.2. The van der Waals surface area contributed by atoms with Crippen LogP contribution < -0.4 is 15.2 Å². The number of hydrogen-bond donors (Lipinski definition) is 1. The van der Waals surface area contributed by atoms with E-state index >= 15 is 0 Å². The van der Waals surface area contributed by atoms with Crippen LogP contribution in [0.25, 0.3) is 28.1 Å². The van der Waals surface area contributed by atoms with E-state index in [1.165, 1.54) is 6.20 Å². The van der Waals surface area contributed by atoms with E-state index in [1.807, 2.05) is 43.7 Å². The van der Waals surface area contributed by atoms with Gasteiger partial charge in [0.1, 0.15) is 18.1 Å². The fourth-order valence-corrected chi connectivity index (χ4v) is 4.81. The number of primary amides is 1. The van der Waals surface area contributed by atoms with Crippen LogP contribution in [0.2, 0.25) is 0 Å². The zero-order chi connectivity index (χ0) is 26.5. The summed E-state index contributed by atoms with van der Waals surface area (Å²) < 4.78 is 13.6. The lowest BCUT2D eigenvalue weighted by molar-refractivity contribution is 0.0646. The lowest BCUT2D eigenvalue weighted by atomic mass is 9.95. The summed E-state index contributed by atoms with van der Waals surface area (Å²) in [5.74, 6) is 0.401. The van der Waals surface area contributed by atoms with Crippen LogP contribution in [0.1, 0.15) is 47.2 Å². The Morgan fingerprint density at radius 3 is 2.62 bits per heavy atom. The molecule has 2 amide bonds. The van der Waals surface area contributed by atoms with Gasteiger partial charge in [0, 0.05) is 58.7 Å². The molecule has 37 heavy (non-hydrogen) atoms. The van der Waals surface area contributed by atoms with Gasteiger partial charge in [0.2, 0.25) is 5.91 Å². The van der Waals surface area contributed by atoms with Crippen LogP contribution in [-0.4, -0.2) is 51.2 Å². The van der Waals surface area contributed by atoms with E-state index in [0.29, 0.717) is 33.9 Å². The minimum absolute atomic E-state index is 0.183. The number of thiophene rings is 1. The summed E-state index contributed by atoms with van der Waals surface area (Å²) >= 11 is 1.55. The monoisotopic (exact) mass is 517 g/mol. The zero-order valence-electron chi connectivity index (χ0n) is 21.2. The van der Waals surface area contributed by atoms with E-state index in [4.69, 9.17) is 20.3 Å². The molecule has 4 heterocycles. The Kier molecular flexibility index (Phi) is 5.99. The van der Waals surface area contributed by atoms with Gasteiger partial charge in [-0.3, -0.25) is 14.6 Å². The normalized spacial score (nSPS) is 12.4. The topological polar surface area (TPSA) is 113 Å². The number of nitrogens with zero attached hydrogens (tertiary/aromatic N) is 4. The van der Waals surface area contributed by atoms with Crippen molar-refractivity contribution in [1.29, 1.82) is 0 Å². The molecule has 0 unspecified atom stereocenters. The lowest BCUT2D eigenvalue weighted by Crippen LogP contribution is -2.43. The maximum atomic E-state index is 13.6. The number of pyridine rings is 1. The van der Waals surface area contributed by atoms with Crippen molar-refractivity contribution in [2.75, 3.05) is 14.2 Å². The molecule has 0 aliphatic carbocycles. The average molecular weight is 518 g/mol. The summed E-state index contributed by atoms with van der Waals surface area (Å²) in [6, 6.07) is 7.35. The molecule has 0 saturated carbocycles. The summed E-state index contributed by atoms with van der Waals surface area (Å²) in [7, 11) is 3.34. The highest BCUT2D eigenvalue weighted by Gasteiger charge is 2.34. The maximum Gasteiger partial charge on any atom is 0.274 e. The first-order valence-electron chi connectivity index (χ1n) is 11.6. The quantitative estimate of drug-likeness (QED) is 0.416. The van der Waals surface area contributed by atoms with E-state index < -0.39 is 5.91 Å². The SMILES string of the molecule is COc1cc2c(cc1-c1cncc(C(N)=O)c1)-c1c(c(C(=O)N(C)C(C)(C)C)nn1-c1ccsc1)CO2. The van der Waals surface area contributed by atoms with Gasteiger partial charge in [-0.15, -0.1) is 0 Å². The third-order valence-corrected chi connectivity index (χ3v) is 7.18. The predicted molar refractivity (Wildman–Crippen MR) is 141 cm³/mol. The number of aromatic nitrogens is 3. The van der Waals surface area contributed by atoms with E-state index in [1.54, 1.807) is 53.4 Å². The first-order chi connectivity index (χ1) is 17.6. The number of methoxy groups -OCH3 is 1. The Morgan fingerprint density at radius 1 is 1.19 bits per heavy atom. The molecule has 190 valence electrons. The van der Waals surface area contributed by atoms with Crippen LogP contribution in [0.4, 0.5) is 0 Å². The molecule has 3 aromatic heterocycles. The molecule has 1 aromatic carbocycles. The van der Waals surface area contributed by atoms with Gasteiger partial charge in [-0.05, 0) is 44.4 Å². The second-order valence-electron chi connectivity index (χ2n) is 9.77. The Morgan fingerprint density at radius 2 is 1.97 bits per heavy atom. The molecule has 0 atom stereocenters. The molecular weight excluding hydrogens is 490 g/mol. The smallest absolute Gasteiger partial charge is 0.274 e. The largest absolute Gasteiger partial charge is 0.496 e. The van der Waals surface area contributed by atoms with Crippen LogP contribution in [0.3, 0.4) is 0 Å². The highest BCUT2D eigenvalue weighted by atomic mass is 32.1. The minimum Gasteiger partial charge on any atom is -0.496 e. The Bertz CT molecular complexity index is 1520. The van der Waals surface area contributed by atoms with Gasteiger partial charge >= 0.3 is 0 Å². The number of fused-ring (bicyclic) bond motifs is 3. The molecular formula is C27H27N5O4S. The molecule has 0 radical (unpaired) electrons. The van der Waals surface area contributed by atoms with Crippen molar-refractivity contribution in [3.8, 4) is 39.6 Å². The molecule has 1 aliphatic rings. The van der Waals surface area contributed by atoms with Crippen LogP contribution >= 0.6 is 11.3 Å². The van der Waals surface area contributed by atoms with Gasteiger partial charge in [0.05, 0.1) is 24.1 Å². The average Bonchev–Trinajstić information content (AvgIpc) is 3.54. The Hall–Kier alpha value is -4.18. The number of nitrogens with two attached hydrogens (primary N) is 1. The molecule has 5 rings (SSSR count). The van der Waals surface area contributed by atoms with Crippen molar-refractivity contribution in [3.05, 3.63) is 64.2 Å². The van der Waals surface area contributed by atoms with E-state index in [-0.39, 0.29) is 23.6 Å². The molecule has 0 spiro atoms. The fraction of sp³-hybridized carbons (Fsp3) is 0.259. The maximum absolute atomic E-state index is 13.6. The molecule has 0 fully saturated rings. The predicted octanol–water partition coefficient (Wildman–Crippen LogP) is 4.53. The van der Waals surface area contributed by atoms with E-state index in [9.17, 15) is 9.59 Å². The Labute approximate surface area is 218 Å². The van der Waals surface area contributed by atoms with Crippen molar-refractivity contribution < 1.29 is 19.1 Å². The highest BCUT2D eigenvalue weighted by Crippen LogP contribution is 2.46. The third-order valence-electron chi connectivity index (χ3n) is 6.51. The van der Waals surface area contributed by atoms with Crippen molar-refractivity contribution in [2.24, 2.45) is 5.73 Å². The molecule has 9 nitrogen and oxygen atoms in total. The zero-order valence-corrected chi connectivity index (χ0v) is 22.0. The van der Waals surface area contributed by atoms with Crippen LogP contribution in [-0.2, 0) is 6.61 Å². The molecule has 1 aliphatic heterocycles. The summed E-state index contributed by atoms with van der Waals surface area (Å²) in [5.41, 5.74) is 10.2. The van der Waals surface area contributed by atoms with Gasteiger partial charge in [0.25, 0.3) is 5.91 Å². The molecule has 10 heteroatoms. The standard InChI is InChI=1S/C27H27N5O4S/c1-27(2,3)31(4)26(34)23-20-13-36-22-10-21(35-5)18(15-8-16(25(28)33)12-29-11-15)9-19(22)24(20)32(30-23)17-6-7-37-14-17/h6-12,14H,13H2,1-5H3,(H2,28,33). The number of rotatable bonds is 5. The van der Waals surface area contributed by atoms with E-state index in [2.05, 4.69) is 4.98 Å². The molecule has 2 N–H and O–H groups in total. The summed E-state index contributed by atoms with van der Waals surface area (Å²) in [6.07, 6.45) is 3.07. The lowest BCUT2D eigenvalue weighted by Gasteiger charge is -2.31. The van der Waals surface area contributed by atoms with Gasteiger partial charge < -0.3 is 20.1 Å². The van der Waals surface area contributed by atoms with Crippen molar-refractivity contribution in [1.82, 2.24) is 19.7 Å². The first kappa shape index (κ1) is 24.5. The van der Waals surface area contributed by atoms with Gasteiger partial charge in [-0.25, -0.2) is 4.68 Å². The second-order valence-corrected chi connectivity index (χ2v) is 10.5. The Balaban J connectivity index is 1.75. The molecule has 0 bridgehead atoms. The van der Waals surface area contributed by atoms with Crippen molar-refractivity contribution >= 4 is 23.2 Å².